The third-order valence-corrected chi connectivity index (χ3v) is 4.90. The molecule has 0 saturated heterocycles. The number of rotatable bonds is 6. The Labute approximate surface area is 170 Å². The second-order valence-electron chi connectivity index (χ2n) is 7.68. The highest BCUT2D eigenvalue weighted by molar-refractivity contribution is 5.99. The quantitative estimate of drug-likeness (QED) is 0.618. The maximum atomic E-state index is 13.3. The van der Waals surface area contributed by atoms with Gasteiger partial charge < -0.3 is 15.4 Å². The summed E-state index contributed by atoms with van der Waals surface area (Å²) in [4.78, 5) is 24.2. The molecule has 0 aliphatic rings. The van der Waals surface area contributed by atoms with Gasteiger partial charge in [0.15, 0.2) is 0 Å². The number of nitrogens with two attached hydrogens (primary N) is 1. The Bertz CT molecular complexity index is 1140. The molecule has 0 aliphatic heterocycles. The highest BCUT2D eigenvalue weighted by Gasteiger charge is 2.18. The standard InChI is InChI=1S/C24H26N2O3/c1-15(2)14-26-21(13-25)23(18-8-4-16(3)5-9-18)20-12-17(7-11-22(27)28)6-10-19(20)24(26)29/h4-12,15H,13-14,25H2,1-3H3,(H,27,28)/b11-7+. The van der Waals surface area contributed by atoms with E-state index in [0.29, 0.717) is 17.8 Å². The number of carbonyl (C=O) groups is 1. The first-order valence-electron chi connectivity index (χ1n) is 9.69. The molecule has 29 heavy (non-hydrogen) atoms. The molecule has 5 nitrogen and oxygen atoms in total. The Morgan fingerprint density at radius 1 is 1.14 bits per heavy atom. The normalized spacial score (nSPS) is 11.6. The molecule has 0 spiro atoms. The monoisotopic (exact) mass is 390 g/mol. The van der Waals surface area contributed by atoms with Crippen LogP contribution in [0.25, 0.3) is 28.0 Å². The summed E-state index contributed by atoms with van der Waals surface area (Å²) in [5, 5.41) is 10.3. The van der Waals surface area contributed by atoms with Crippen molar-refractivity contribution in [1.29, 1.82) is 0 Å². The first kappa shape index (κ1) is 20.6. The molecule has 3 aromatic rings. The lowest BCUT2D eigenvalue weighted by atomic mass is 9.94. The predicted octanol–water partition coefficient (Wildman–Crippen LogP) is 4.19. The molecule has 1 heterocycles. The van der Waals surface area contributed by atoms with Gasteiger partial charge in [-0.1, -0.05) is 49.7 Å². The summed E-state index contributed by atoms with van der Waals surface area (Å²) in [6.45, 7) is 6.99. The van der Waals surface area contributed by atoms with Crippen LogP contribution in [-0.4, -0.2) is 15.6 Å². The molecule has 0 amide bonds. The molecule has 0 unspecified atom stereocenters. The largest absolute Gasteiger partial charge is 0.478 e. The van der Waals surface area contributed by atoms with E-state index in [4.69, 9.17) is 10.8 Å². The summed E-state index contributed by atoms with van der Waals surface area (Å²) in [5.74, 6) is -0.724. The van der Waals surface area contributed by atoms with Crippen molar-refractivity contribution in [2.45, 2.75) is 33.9 Å². The van der Waals surface area contributed by atoms with Crippen molar-refractivity contribution in [3.63, 3.8) is 0 Å². The molecule has 0 aliphatic carbocycles. The fourth-order valence-electron chi connectivity index (χ4n) is 3.60. The molecular weight excluding hydrogens is 364 g/mol. The number of carboxylic acids is 1. The molecule has 0 saturated carbocycles. The zero-order chi connectivity index (χ0) is 21.1. The van der Waals surface area contributed by atoms with Crippen LogP contribution in [0.4, 0.5) is 0 Å². The number of carboxylic acid groups (broad SMARTS) is 1. The molecule has 1 aromatic heterocycles. The maximum absolute atomic E-state index is 13.3. The van der Waals surface area contributed by atoms with Crippen molar-refractivity contribution >= 4 is 22.8 Å². The summed E-state index contributed by atoms with van der Waals surface area (Å²) in [7, 11) is 0. The fourth-order valence-corrected chi connectivity index (χ4v) is 3.60. The second kappa shape index (κ2) is 8.45. The summed E-state index contributed by atoms with van der Waals surface area (Å²) in [5.41, 5.74) is 10.6. The topological polar surface area (TPSA) is 85.3 Å². The van der Waals surface area contributed by atoms with Gasteiger partial charge in [0.1, 0.15) is 0 Å². The minimum absolute atomic E-state index is 0.0706. The lowest BCUT2D eigenvalue weighted by molar-refractivity contribution is -0.131. The van der Waals surface area contributed by atoms with E-state index in [-0.39, 0.29) is 12.1 Å². The second-order valence-corrected chi connectivity index (χ2v) is 7.68. The Hall–Kier alpha value is -3.18. The van der Waals surface area contributed by atoms with Crippen LogP contribution in [-0.2, 0) is 17.9 Å². The van der Waals surface area contributed by atoms with Crippen LogP contribution < -0.4 is 11.3 Å². The zero-order valence-corrected chi connectivity index (χ0v) is 17.0. The Morgan fingerprint density at radius 3 is 2.41 bits per heavy atom. The number of hydrogen-bond donors (Lipinski definition) is 2. The number of benzene rings is 2. The number of hydrogen-bond acceptors (Lipinski definition) is 3. The van der Waals surface area contributed by atoms with E-state index in [9.17, 15) is 9.59 Å². The van der Waals surface area contributed by atoms with E-state index >= 15 is 0 Å². The molecule has 2 aromatic carbocycles. The molecule has 0 bridgehead atoms. The summed E-state index contributed by atoms with van der Waals surface area (Å²) >= 11 is 0. The third kappa shape index (κ3) is 4.30. The molecule has 0 atom stereocenters. The molecule has 5 heteroatoms. The lowest BCUT2D eigenvalue weighted by Crippen LogP contribution is -2.28. The summed E-state index contributed by atoms with van der Waals surface area (Å²) in [6, 6.07) is 13.5. The number of nitrogens with zero attached hydrogens (tertiary/aromatic N) is 1. The maximum Gasteiger partial charge on any atom is 0.328 e. The van der Waals surface area contributed by atoms with Gasteiger partial charge in [-0.3, -0.25) is 4.79 Å². The van der Waals surface area contributed by atoms with Crippen LogP contribution in [0.3, 0.4) is 0 Å². The van der Waals surface area contributed by atoms with Crippen molar-refractivity contribution in [2.24, 2.45) is 11.7 Å². The smallest absolute Gasteiger partial charge is 0.328 e. The minimum Gasteiger partial charge on any atom is -0.478 e. The lowest BCUT2D eigenvalue weighted by Gasteiger charge is -2.21. The SMILES string of the molecule is Cc1ccc(-c2c(CN)n(CC(C)C)c(=O)c3ccc(/C=C/C(=O)O)cc23)cc1. The molecule has 3 rings (SSSR count). The third-order valence-electron chi connectivity index (χ3n) is 4.90. The van der Waals surface area contributed by atoms with Gasteiger partial charge in [-0.2, -0.15) is 0 Å². The van der Waals surface area contributed by atoms with Gasteiger partial charge in [0.2, 0.25) is 0 Å². The van der Waals surface area contributed by atoms with Crippen LogP contribution >= 0.6 is 0 Å². The first-order valence-corrected chi connectivity index (χ1v) is 9.69. The van der Waals surface area contributed by atoms with E-state index in [1.807, 2.05) is 37.3 Å². The highest BCUT2D eigenvalue weighted by atomic mass is 16.4. The van der Waals surface area contributed by atoms with Gasteiger partial charge in [0.25, 0.3) is 5.56 Å². The van der Waals surface area contributed by atoms with Crippen LogP contribution in [0.5, 0.6) is 0 Å². The van der Waals surface area contributed by atoms with Crippen molar-refractivity contribution in [2.75, 3.05) is 0 Å². The average Bonchev–Trinajstić information content (AvgIpc) is 2.68. The van der Waals surface area contributed by atoms with Crippen molar-refractivity contribution in [1.82, 2.24) is 4.57 Å². The van der Waals surface area contributed by atoms with E-state index in [1.165, 1.54) is 6.08 Å². The number of aromatic nitrogens is 1. The summed E-state index contributed by atoms with van der Waals surface area (Å²) < 4.78 is 1.79. The van der Waals surface area contributed by atoms with Gasteiger partial charge in [0.05, 0.1) is 0 Å². The van der Waals surface area contributed by atoms with Crippen molar-refractivity contribution in [3.8, 4) is 11.1 Å². The van der Waals surface area contributed by atoms with Gasteiger partial charge in [-0.05, 0) is 47.6 Å². The predicted molar refractivity (Wildman–Crippen MR) is 118 cm³/mol. The molecule has 3 N–H and O–H groups in total. The molecule has 150 valence electrons. The number of aliphatic carboxylic acids is 1. The fraction of sp³-hybridized carbons (Fsp3) is 0.250. The first-order chi connectivity index (χ1) is 13.8. The van der Waals surface area contributed by atoms with E-state index in [0.717, 1.165) is 39.4 Å². The van der Waals surface area contributed by atoms with Gasteiger partial charge in [-0.25, -0.2) is 4.79 Å². The van der Waals surface area contributed by atoms with Crippen molar-refractivity contribution < 1.29 is 9.90 Å². The Kier molecular flexibility index (Phi) is 5.99. The number of aryl methyl sites for hydroxylation is 1. The zero-order valence-electron chi connectivity index (χ0n) is 17.0. The van der Waals surface area contributed by atoms with E-state index < -0.39 is 5.97 Å². The Balaban J connectivity index is 2.41. The molecular formula is C24H26N2O3. The van der Waals surface area contributed by atoms with Gasteiger partial charge >= 0.3 is 5.97 Å². The van der Waals surface area contributed by atoms with Gasteiger partial charge in [0, 0.05) is 35.8 Å². The Morgan fingerprint density at radius 2 is 1.83 bits per heavy atom. The number of fused-ring (bicyclic) bond motifs is 1. The van der Waals surface area contributed by atoms with Crippen LogP contribution in [0.2, 0.25) is 0 Å². The van der Waals surface area contributed by atoms with E-state index in [2.05, 4.69) is 13.8 Å². The van der Waals surface area contributed by atoms with Crippen LogP contribution in [0.1, 0.15) is 30.7 Å². The van der Waals surface area contributed by atoms with Crippen LogP contribution in [0, 0.1) is 12.8 Å². The number of pyridine rings is 1. The van der Waals surface area contributed by atoms with E-state index in [1.54, 1.807) is 16.7 Å². The van der Waals surface area contributed by atoms with Crippen LogP contribution in [0.15, 0.2) is 53.3 Å². The average molecular weight is 390 g/mol. The van der Waals surface area contributed by atoms with Gasteiger partial charge in [-0.15, -0.1) is 0 Å². The minimum atomic E-state index is -1.01. The van der Waals surface area contributed by atoms with Crippen molar-refractivity contribution in [3.05, 3.63) is 75.7 Å². The molecule has 0 radical (unpaired) electrons. The summed E-state index contributed by atoms with van der Waals surface area (Å²) in [6.07, 6.45) is 2.62. The highest BCUT2D eigenvalue weighted by Crippen LogP contribution is 2.32. The molecule has 0 fully saturated rings.